The van der Waals surface area contributed by atoms with Crippen LogP contribution in [0.2, 0.25) is 0 Å². The summed E-state index contributed by atoms with van der Waals surface area (Å²) in [5.74, 6) is 1.45. The number of nitrogens with one attached hydrogen (secondary N) is 1. The number of aromatic hydroxyl groups is 1. The number of aromatic nitrogens is 3. The highest BCUT2D eigenvalue weighted by molar-refractivity contribution is 5.89. The van der Waals surface area contributed by atoms with Crippen LogP contribution < -0.4 is 5.32 Å². The lowest BCUT2D eigenvalue weighted by Gasteiger charge is -2.10. The van der Waals surface area contributed by atoms with E-state index in [0.29, 0.717) is 17.3 Å². The van der Waals surface area contributed by atoms with Crippen molar-refractivity contribution in [1.29, 1.82) is 0 Å². The third-order valence-electron chi connectivity index (χ3n) is 3.61. The SMILES string of the molecule is Oc1cccc(Nc2nc(-c3ccccc3)nc3ncccc23)c1. The molecule has 116 valence electrons. The highest BCUT2D eigenvalue weighted by Crippen LogP contribution is 2.27. The molecule has 5 nitrogen and oxygen atoms in total. The summed E-state index contributed by atoms with van der Waals surface area (Å²) < 4.78 is 0. The van der Waals surface area contributed by atoms with E-state index in [1.54, 1.807) is 24.4 Å². The first-order valence-corrected chi connectivity index (χ1v) is 7.54. The summed E-state index contributed by atoms with van der Waals surface area (Å²) in [6.45, 7) is 0. The molecule has 2 heterocycles. The maximum absolute atomic E-state index is 9.65. The molecule has 4 aromatic rings. The number of hydrogen-bond donors (Lipinski definition) is 2. The summed E-state index contributed by atoms with van der Waals surface area (Å²) in [4.78, 5) is 13.6. The standard InChI is InChI=1S/C19H14N4O/c24-15-9-4-8-14(12-15)21-19-16-10-5-11-20-18(16)22-17(23-19)13-6-2-1-3-7-13/h1-12,24H,(H,20,21,22,23). The Bertz CT molecular complexity index is 1000. The highest BCUT2D eigenvalue weighted by Gasteiger charge is 2.10. The van der Waals surface area contributed by atoms with Crippen LogP contribution in [0.1, 0.15) is 0 Å². The summed E-state index contributed by atoms with van der Waals surface area (Å²) >= 11 is 0. The van der Waals surface area contributed by atoms with Gasteiger partial charge in [0.05, 0.1) is 5.39 Å². The number of phenolic OH excluding ortho intramolecular Hbond substituents is 1. The number of fused-ring (bicyclic) bond motifs is 1. The first kappa shape index (κ1) is 14.1. The topological polar surface area (TPSA) is 70.9 Å². The van der Waals surface area contributed by atoms with Crippen LogP contribution in [0.4, 0.5) is 11.5 Å². The minimum atomic E-state index is 0.194. The molecule has 2 N–H and O–H groups in total. The van der Waals surface area contributed by atoms with Gasteiger partial charge in [-0.25, -0.2) is 15.0 Å². The van der Waals surface area contributed by atoms with Crippen molar-refractivity contribution in [3.63, 3.8) is 0 Å². The number of phenols is 1. The van der Waals surface area contributed by atoms with E-state index >= 15 is 0 Å². The minimum Gasteiger partial charge on any atom is -0.508 e. The lowest BCUT2D eigenvalue weighted by molar-refractivity contribution is 0.475. The van der Waals surface area contributed by atoms with Crippen molar-refractivity contribution in [2.45, 2.75) is 0 Å². The first-order valence-electron chi connectivity index (χ1n) is 7.54. The molecule has 24 heavy (non-hydrogen) atoms. The van der Waals surface area contributed by atoms with Gasteiger partial charge in [-0.1, -0.05) is 36.4 Å². The van der Waals surface area contributed by atoms with Gasteiger partial charge in [0.25, 0.3) is 0 Å². The summed E-state index contributed by atoms with van der Waals surface area (Å²) in [5.41, 5.74) is 2.29. The van der Waals surface area contributed by atoms with Gasteiger partial charge in [-0.05, 0) is 24.3 Å². The molecule has 0 saturated heterocycles. The zero-order valence-electron chi connectivity index (χ0n) is 12.7. The van der Waals surface area contributed by atoms with E-state index < -0.39 is 0 Å². The van der Waals surface area contributed by atoms with E-state index in [4.69, 9.17) is 0 Å². The lowest BCUT2D eigenvalue weighted by Crippen LogP contribution is -2.00. The fourth-order valence-electron chi connectivity index (χ4n) is 2.49. The molecule has 0 fully saturated rings. The molecule has 0 saturated carbocycles. The molecule has 0 spiro atoms. The van der Waals surface area contributed by atoms with Crippen molar-refractivity contribution >= 4 is 22.5 Å². The number of hydrogen-bond acceptors (Lipinski definition) is 5. The minimum absolute atomic E-state index is 0.194. The fourth-order valence-corrected chi connectivity index (χ4v) is 2.49. The highest BCUT2D eigenvalue weighted by atomic mass is 16.3. The number of nitrogens with zero attached hydrogens (tertiary/aromatic N) is 3. The van der Waals surface area contributed by atoms with Crippen molar-refractivity contribution in [2.24, 2.45) is 0 Å². The number of rotatable bonds is 3. The van der Waals surface area contributed by atoms with E-state index in [9.17, 15) is 5.11 Å². The van der Waals surface area contributed by atoms with Gasteiger partial charge in [-0.15, -0.1) is 0 Å². The molecule has 2 aromatic heterocycles. The zero-order valence-corrected chi connectivity index (χ0v) is 12.7. The Hall–Kier alpha value is -3.47. The molecule has 0 bridgehead atoms. The Morgan fingerprint density at radius 3 is 2.54 bits per heavy atom. The molecule has 4 rings (SSSR count). The second kappa shape index (κ2) is 5.96. The van der Waals surface area contributed by atoms with Crippen molar-refractivity contribution < 1.29 is 5.11 Å². The van der Waals surface area contributed by atoms with E-state index in [1.165, 1.54) is 0 Å². The molecule has 0 aliphatic heterocycles. The van der Waals surface area contributed by atoms with Crippen LogP contribution >= 0.6 is 0 Å². The Labute approximate surface area is 138 Å². The van der Waals surface area contributed by atoms with Crippen molar-refractivity contribution in [3.05, 3.63) is 72.9 Å². The van der Waals surface area contributed by atoms with Gasteiger partial charge >= 0.3 is 0 Å². The Morgan fingerprint density at radius 1 is 0.833 bits per heavy atom. The molecule has 0 aliphatic rings. The maximum Gasteiger partial charge on any atom is 0.165 e. The van der Waals surface area contributed by atoms with Crippen LogP contribution in [-0.2, 0) is 0 Å². The quantitative estimate of drug-likeness (QED) is 0.594. The van der Waals surface area contributed by atoms with Gasteiger partial charge in [0.1, 0.15) is 11.6 Å². The van der Waals surface area contributed by atoms with Gasteiger partial charge in [0.2, 0.25) is 0 Å². The van der Waals surface area contributed by atoms with Crippen molar-refractivity contribution in [2.75, 3.05) is 5.32 Å². The molecular weight excluding hydrogens is 300 g/mol. The Morgan fingerprint density at radius 2 is 1.71 bits per heavy atom. The van der Waals surface area contributed by atoms with Crippen LogP contribution in [0.25, 0.3) is 22.4 Å². The number of pyridine rings is 1. The largest absolute Gasteiger partial charge is 0.508 e. The molecule has 0 amide bonds. The van der Waals surface area contributed by atoms with Gasteiger partial charge in [0.15, 0.2) is 11.5 Å². The normalized spacial score (nSPS) is 10.7. The van der Waals surface area contributed by atoms with Gasteiger partial charge in [0, 0.05) is 23.5 Å². The van der Waals surface area contributed by atoms with Gasteiger partial charge in [-0.2, -0.15) is 0 Å². The van der Waals surface area contributed by atoms with Crippen LogP contribution in [0.5, 0.6) is 5.75 Å². The second-order valence-corrected chi connectivity index (χ2v) is 5.31. The molecule has 0 aliphatic carbocycles. The third-order valence-corrected chi connectivity index (χ3v) is 3.61. The van der Waals surface area contributed by atoms with Crippen LogP contribution in [0.15, 0.2) is 72.9 Å². The molecular formula is C19H14N4O. The molecule has 0 radical (unpaired) electrons. The fraction of sp³-hybridized carbons (Fsp3) is 0. The summed E-state index contributed by atoms with van der Waals surface area (Å²) in [6, 6.07) is 20.5. The smallest absolute Gasteiger partial charge is 0.165 e. The number of anilines is 2. The molecule has 2 aromatic carbocycles. The molecule has 5 heteroatoms. The van der Waals surface area contributed by atoms with Gasteiger partial charge in [-0.3, -0.25) is 0 Å². The second-order valence-electron chi connectivity index (χ2n) is 5.31. The monoisotopic (exact) mass is 314 g/mol. The van der Waals surface area contributed by atoms with Gasteiger partial charge < -0.3 is 10.4 Å². The number of benzene rings is 2. The predicted molar refractivity (Wildman–Crippen MR) is 94.2 cm³/mol. The van der Waals surface area contributed by atoms with Crippen LogP contribution in [0.3, 0.4) is 0 Å². The average molecular weight is 314 g/mol. The lowest BCUT2D eigenvalue weighted by atomic mass is 10.2. The van der Waals surface area contributed by atoms with E-state index in [2.05, 4.69) is 20.3 Å². The average Bonchev–Trinajstić information content (AvgIpc) is 2.62. The summed E-state index contributed by atoms with van der Waals surface area (Å²) in [6.07, 6.45) is 1.71. The van der Waals surface area contributed by atoms with E-state index in [0.717, 1.165) is 16.6 Å². The molecule has 0 atom stereocenters. The van der Waals surface area contributed by atoms with E-state index in [-0.39, 0.29) is 5.75 Å². The van der Waals surface area contributed by atoms with Crippen molar-refractivity contribution in [1.82, 2.24) is 15.0 Å². The van der Waals surface area contributed by atoms with Crippen molar-refractivity contribution in [3.8, 4) is 17.1 Å². The zero-order chi connectivity index (χ0) is 16.4. The summed E-state index contributed by atoms with van der Waals surface area (Å²) in [5, 5.41) is 13.7. The summed E-state index contributed by atoms with van der Waals surface area (Å²) in [7, 11) is 0. The molecule has 0 unspecified atom stereocenters. The van der Waals surface area contributed by atoms with Crippen LogP contribution in [0, 0.1) is 0 Å². The first-order chi connectivity index (χ1) is 11.8. The maximum atomic E-state index is 9.65. The predicted octanol–water partition coefficient (Wildman–Crippen LogP) is 4.14. The third kappa shape index (κ3) is 2.75. The van der Waals surface area contributed by atoms with Crippen LogP contribution in [-0.4, -0.2) is 20.1 Å². The van der Waals surface area contributed by atoms with E-state index in [1.807, 2.05) is 48.5 Å². The Kier molecular flexibility index (Phi) is 3.51. The Balaban J connectivity index is 1.86.